The van der Waals surface area contributed by atoms with Crippen molar-refractivity contribution in [2.45, 2.75) is 61.3 Å². The van der Waals surface area contributed by atoms with Crippen LogP contribution in [0.15, 0.2) is 59.2 Å². The molecule has 2 aromatic rings. The number of halogens is 2. The molecule has 0 spiro atoms. The Morgan fingerprint density at radius 2 is 1.50 bits per heavy atom. The number of aryl methyl sites for hydroxylation is 1. The van der Waals surface area contributed by atoms with Crippen molar-refractivity contribution in [2.75, 3.05) is 0 Å². The summed E-state index contributed by atoms with van der Waals surface area (Å²) in [7, 11) is 9.78. The van der Waals surface area contributed by atoms with Crippen molar-refractivity contribution in [3.8, 4) is 16.9 Å². The van der Waals surface area contributed by atoms with E-state index in [0.717, 1.165) is 16.7 Å². The second kappa shape index (κ2) is 12.2. The van der Waals surface area contributed by atoms with Crippen LogP contribution in [-0.2, 0) is 17.0 Å². The van der Waals surface area contributed by atoms with E-state index in [0.29, 0.717) is 11.7 Å². The third-order valence-corrected chi connectivity index (χ3v) is 5.59. The summed E-state index contributed by atoms with van der Waals surface area (Å²) in [5.74, 6) is 0.801. The molecule has 0 heterocycles. The molecule has 0 aromatic heterocycles. The Kier molecular flexibility index (Phi) is 11.0. The van der Waals surface area contributed by atoms with Crippen LogP contribution in [0.1, 0.15) is 65.5 Å². The molecular formula is C26H33Cl2OTi-. The molecular weight excluding hydrogens is 447 g/mol. The average Bonchev–Trinajstić information content (AvgIpc) is 2.86. The summed E-state index contributed by atoms with van der Waals surface area (Å²) < 4.78 is 0. The van der Waals surface area contributed by atoms with Crippen LogP contribution in [0.25, 0.3) is 11.1 Å². The van der Waals surface area contributed by atoms with Gasteiger partial charge in [0, 0.05) is 5.56 Å². The van der Waals surface area contributed by atoms with Gasteiger partial charge in [-0.3, -0.25) is 6.08 Å². The Bertz CT molecular complexity index is 911. The number of benzene rings is 2. The summed E-state index contributed by atoms with van der Waals surface area (Å²) in [6.45, 7) is 17.3. The molecule has 30 heavy (non-hydrogen) atoms. The predicted molar refractivity (Wildman–Crippen MR) is 129 cm³/mol. The quantitative estimate of drug-likeness (QED) is 0.336. The molecule has 0 aliphatic heterocycles. The number of hydrogen-bond donors (Lipinski definition) is 1. The topological polar surface area (TPSA) is 20.2 Å². The molecule has 0 fully saturated rings. The summed E-state index contributed by atoms with van der Waals surface area (Å²) in [5, 5.41) is 9.99. The van der Waals surface area contributed by atoms with Crippen LogP contribution in [0.5, 0.6) is 5.75 Å². The van der Waals surface area contributed by atoms with Gasteiger partial charge in [-0.05, 0) is 36.1 Å². The van der Waals surface area contributed by atoms with Gasteiger partial charge in [-0.15, -0.1) is 6.92 Å². The van der Waals surface area contributed by atoms with Crippen LogP contribution in [0.2, 0.25) is 0 Å². The molecule has 0 atom stereocenters. The fraction of sp³-hybridized carbons (Fsp3) is 0.385. The monoisotopic (exact) mass is 479 g/mol. The molecule has 1 nitrogen and oxygen atoms in total. The molecule has 1 N–H and O–H groups in total. The molecule has 0 bridgehead atoms. The molecule has 2 aromatic carbocycles. The van der Waals surface area contributed by atoms with E-state index < -0.39 is 17.0 Å². The maximum absolute atomic E-state index is 9.99. The first-order valence-corrected chi connectivity index (χ1v) is 14.4. The average molecular weight is 480 g/mol. The number of phenolic OH excluding ortho intramolecular Hbond substituents is 1. The molecule has 1 aliphatic carbocycles. The number of aromatic hydroxyl groups is 1. The Morgan fingerprint density at radius 3 is 1.93 bits per heavy atom. The van der Waals surface area contributed by atoms with Gasteiger partial charge in [0.2, 0.25) is 0 Å². The first kappa shape index (κ1) is 27.0. The number of hydrogen-bond acceptors (Lipinski definition) is 1. The van der Waals surface area contributed by atoms with Crippen LogP contribution in [0, 0.1) is 18.4 Å². The Labute approximate surface area is 199 Å². The van der Waals surface area contributed by atoms with Gasteiger partial charge in [-0.1, -0.05) is 82.9 Å². The molecule has 0 saturated carbocycles. The predicted octanol–water partition coefficient (Wildman–Crippen LogP) is 8.98. The first-order valence-electron chi connectivity index (χ1n) is 10.1. The SMILES string of the molecule is CC1=[C-]C(C)(C)C(C)=C1C.Cc1ccc(O)c(-c2ccccc2C(C)C)c1.[Cl][Ti][Cl]. The Hall–Kier alpha value is -0.986. The van der Waals surface area contributed by atoms with E-state index in [1.807, 2.05) is 31.2 Å². The minimum atomic E-state index is -0.556. The van der Waals surface area contributed by atoms with Crippen molar-refractivity contribution in [2.24, 2.45) is 5.41 Å². The van der Waals surface area contributed by atoms with Gasteiger partial charge in [-0.2, -0.15) is 11.1 Å². The Balaban J connectivity index is 0.000000294. The molecule has 3 rings (SSSR count). The molecule has 4 heteroatoms. The van der Waals surface area contributed by atoms with E-state index in [1.54, 1.807) is 6.07 Å². The van der Waals surface area contributed by atoms with E-state index in [4.69, 9.17) is 18.6 Å². The van der Waals surface area contributed by atoms with E-state index in [9.17, 15) is 5.11 Å². The third kappa shape index (κ3) is 7.31. The molecule has 0 radical (unpaired) electrons. The molecule has 0 saturated heterocycles. The zero-order valence-electron chi connectivity index (χ0n) is 19.3. The van der Waals surface area contributed by atoms with Crippen molar-refractivity contribution in [1.29, 1.82) is 0 Å². The van der Waals surface area contributed by atoms with Crippen molar-refractivity contribution in [3.63, 3.8) is 0 Å². The van der Waals surface area contributed by atoms with E-state index in [-0.39, 0.29) is 5.41 Å². The number of rotatable bonds is 2. The molecule has 162 valence electrons. The van der Waals surface area contributed by atoms with Crippen LogP contribution < -0.4 is 0 Å². The fourth-order valence-corrected chi connectivity index (χ4v) is 3.52. The molecule has 0 amide bonds. The van der Waals surface area contributed by atoms with Gasteiger partial charge in [0.1, 0.15) is 5.75 Å². The standard InChI is InChI=1S/C16H18O.C10H15.2ClH.Ti/c1-11(2)13-6-4-5-7-14(13)15-10-12(3)8-9-16(15)17;1-7-6-10(4,5)9(3)8(7)2;;;/h4-11,17H,1-3H3;1-5H3;2*1H;/q;-1;;;+2/p-2. The van der Waals surface area contributed by atoms with Crippen LogP contribution in [0.3, 0.4) is 0 Å². The van der Waals surface area contributed by atoms with E-state index in [2.05, 4.69) is 66.7 Å². The third-order valence-electron chi connectivity index (χ3n) is 5.59. The van der Waals surface area contributed by atoms with Crippen LogP contribution in [0.4, 0.5) is 0 Å². The van der Waals surface area contributed by atoms with Crippen LogP contribution >= 0.6 is 18.6 Å². The van der Waals surface area contributed by atoms with Crippen molar-refractivity contribution >= 4 is 18.6 Å². The van der Waals surface area contributed by atoms with E-state index in [1.165, 1.54) is 22.3 Å². The Morgan fingerprint density at radius 1 is 0.933 bits per heavy atom. The van der Waals surface area contributed by atoms with Gasteiger partial charge < -0.3 is 5.11 Å². The van der Waals surface area contributed by atoms with Crippen molar-refractivity contribution < 1.29 is 22.1 Å². The first-order chi connectivity index (χ1) is 14.0. The number of phenols is 1. The summed E-state index contributed by atoms with van der Waals surface area (Å²) in [6.07, 6.45) is 3.44. The van der Waals surface area contributed by atoms with Crippen LogP contribution in [-0.4, -0.2) is 5.11 Å². The maximum atomic E-state index is 9.99. The van der Waals surface area contributed by atoms with Crippen molar-refractivity contribution in [3.05, 3.63) is 76.4 Å². The second-order valence-corrected chi connectivity index (χ2v) is 11.0. The van der Waals surface area contributed by atoms with Gasteiger partial charge in [0.25, 0.3) is 0 Å². The van der Waals surface area contributed by atoms with Gasteiger partial charge in [0.05, 0.1) is 0 Å². The van der Waals surface area contributed by atoms with E-state index >= 15 is 0 Å². The molecule has 0 unspecified atom stereocenters. The van der Waals surface area contributed by atoms with Gasteiger partial charge in [-0.25, -0.2) is 5.57 Å². The summed E-state index contributed by atoms with van der Waals surface area (Å²) in [4.78, 5) is 0. The second-order valence-electron chi connectivity index (χ2n) is 8.46. The van der Waals surface area contributed by atoms with Gasteiger partial charge >= 0.3 is 35.6 Å². The molecule has 1 aliphatic rings. The summed E-state index contributed by atoms with van der Waals surface area (Å²) in [6, 6.07) is 14.0. The fourth-order valence-electron chi connectivity index (χ4n) is 3.52. The zero-order chi connectivity index (χ0) is 23.1. The summed E-state index contributed by atoms with van der Waals surface area (Å²) in [5.41, 5.74) is 8.88. The van der Waals surface area contributed by atoms with Crippen molar-refractivity contribution in [1.82, 2.24) is 0 Å². The zero-order valence-corrected chi connectivity index (χ0v) is 22.4. The minimum absolute atomic E-state index is 0.189. The number of allylic oxidation sites excluding steroid dienone is 4. The summed E-state index contributed by atoms with van der Waals surface area (Å²) >= 11 is -0.556. The normalized spacial score (nSPS) is 14.4. The van der Waals surface area contributed by atoms with Gasteiger partial charge in [0.15, 0.2) is 0 Å².